The molecule has 0 aliphatic carbocycles. The molecular weight excluding hydrogens is 445 g/mol. The van der Waals surface area contributed by atoms with Crippen LogP contribution in [0.25, 0.3) is 11.4 Å². The average Bonchev–Trinajstić information content (AvgIpc) is 3.24. The van der Waals surface area contributed by atoms with Gasteiger partial charge in [0.1, 0.15) is 6.04 Å². The molecule has 0 bridgehead atoms. The molecule has 0 radical (unpaired) electrons. The number of nitrogens with zero attached hydrogens (tertiary/aromatic N) is 2. The zero-order chi connectivity index (χ0) is 21.1. The lowest BCUT2D eigenvalue weighted by Gasteiger charge is -2.16. The molecule has 30 heavy (non-hydrogen) atoms. The fraction of sp³-hybridized carbons (Fsp3) is 0.0455. The predicted octanol–water partition coefficient (Wildman–Crippen LogP) is 6.22. The fourth-order valence-electron chi connectivity index (χ4n) is 2.88. The number of nitrogens with one attached hydrogen (secondary N) is 1. The normalized spacial score (nSPS) is 11.8. The first kappa shape index (κ1) is 20.4. The lowest BCUT2D eigenvalue weighted by Crippen LogP contribution is -2.29. The van der Waals surface area contributed by atoms with Crippen molar-refractivity contribution in [2.45, 2.75) is 6.04 Å². The van der Waals surface area contributed by atoms with Crippen molar-refractivity contribution in [1.82, 2.24) is 15.5 Å². The molecule has 0 spiro atoms. The van der Waals surface area contributed by atoms with Crippen LogP contribution in [0.2, 0.25) is 15.1 Å². The minimum atomic E-state index is -0.712. The van der Waals surface area contributed by atoms with Gasteiger partial charge in [0.2, 0.25) is 5.82 Å². The summed E-state index contributed by atoms with van der Waals surface area (Å²) in [5.41, 5.74) is 1.84. The Morgan fingerprint density at radius 1 is 0.900 bits per heavy atom. The van der Waals surface area contributed by atoms with Crippen molar-refractivity contribution in [1.29, 1.82) is 0 Å². The first-order valence-electron chi connectivity index (χ1n) is 8.91. The molecule has 150 valence electrons. The molecular formula is C22H14Cl3N3O2. The number of halogens is 3. The summed E-state index contributed by atoms with van der Waals surface area (Å²) >= 11 is 18.2. The Bertz CT molecular complexity index is 1200. The Hall–Kier alpha value is -2.86. The minimum Gasteiger partial charge on any atom is -0.336 e. The standard InChI is InChI=1S/C22H14Cl3N3O2/c23-16-8-4-7-14(11-16)19(26-21(29)15-9-10-17(24)18(25)12-15)22-27-20(28-30-22)13-5-2-1-3-6-13/h1-12,19H,(H,26,29). The highest BCUT2D eigenvalue weighted by Crippen LogP contribution is 2.27. The maximum atomic E-state index is 12.9. The summed E-state index contributed by atoms with van der Waals surface area (Å²) < 4.78 is 5.49. The van der Waals surface area contributed by atoms with Gasteiger partial charge in [-0.05, 0) is 35.9 Å². The lowest BCUT2D eigenvalue weighted by molar-refractivity contribution is 0.0936. The van der Waals surface area contributed by atoms with E-state index in [-0.39, 0.29) is 16.8 Å². The molecule has 1 amide bonds. The van der Waals surface area contributed by atoms with Crippen LogP contribution in [-0.4, -0.2) is 16.0 Å². The van der Waals surface area contributed by atoms with Gasteiger partial charge in [-0.3, -0.25) is 4.79 Å². The quantitative estimate of drug-likeness (QED) is 0.386. The van der Waals surface area contributed by atoms with Crippen LogP contribution in [0.15, 0.2) is 77.3 Å². The van der Waals surface area contributed by atoms with E-state index in [0.717, 1.165) is 5.56 Å². The Balaban J connectivity index is 1.69. The van der Waals surface area contributed by atoms with E-state index in [0.29, 0.717) is 27.0 Å². The van der Waals surface area contributed by atoms with E-state index in [9.17, 15) is 4.79 Å². The molecule has 0 saturated heterocycles. The smallest absolute Gasteiger partial charge is 0.254 e. The highest BCUT2D eigenvalue weighted by Gasteiger charge is 2.25. The maximum absolute atomic E-state index is 12.9. The molecule has 3 aromatic carbocycles. The molecule has 0 fully saturated rings. The average molecular weight is 459 g/mol. The summed E-state index contributed by atoms with van der Waals surface area (Å²) in [7, 11) is 0. The first-order valence-corrected chi connectivity index (χ1v) is 10.0. The van der Waals surface area contributed by atoms with Gasteiger partial charge in [-0.15, -0.1) is 0 Å². The zero-order valence-electron chi connectivity index (χ0n) is 15.4. The van der Waals surface area contributed by atoms with Crippen molar-refractivity contribution in [3.63, 3.8) is 0 Å². The van der Waals surface area contributed by atoms with Crippen LogP contribution in [-0.2, 0) is 0 Å². The van der Waals surface area contributed by atoms with Gasteiger partial charge in [-0.25, -0.2) is 0 Å². The number of carbonyl (C=O) groups is 1. The summed E-state index contributed by atoms with van der Waals surface area (Å²) in [6.45, 7) is 0. The molecule has 5 nitrogen and oxygen atoms in total. The topological polar surface area (TPSA) is 68.0 Å². The molecule has 1 N–H and O–H groups in total. The molecule has 8 heteroatoms. The third kappa shape index (κ3) is 4.49. The number of aromatic nitrogens is 2. The molecule has 0 aliphatic heterocycles. The highest BCUT2D eigenvalue weighted by molar-refractivity contribution is 6.42. The van der Waals surface area contributed by atoms with E-state index in [1.807, 2.05) is 36.4 Å². The van der Waals surface area contributed by atoms with Crippen LogP contribution in [0.1, 0.15) is 27.9 Å². The van der Waals surface area contributed by atoms with E-state index < -0.39 is 6.04 Å². The van der Waals surface area contributed by atoms with Crippen molar-refractivity contribution in [2.24, 2.45) is 0 Å². The number of carbonyl (C=O) groups excluding carboxylic acids is 1. The van der Waals surface area contributed by atoms with Gasteiger partial charge >= 0.3 is 0 Å². The van der Waals surface area contributed by atoms with Crippen molar-refractivity contribution in [2.75, 3.05) is 0 Å². The molecule has 1 atom stereocenters. The maximum Gasteiger partial charge on any atom is 0.254 e. The summed E-state index contributed by atoms with van der Waals surface area (Å²) in [4.78, 5) is 17.4. The molecule has 1 heterocycles. The van der Waals surface area contributed by atoms with Gasteiger partial charge in [0.15, 0.2) is 0 Å². The number of amides is 1. The number of hydrogen-bond donors (Lipinski definition) is 1. The van der Waals surface area contributed by atoms with Gasteiger partial charge in [0, 0.05) is 16.1 Å². The number of hydrogen-bond acceptors (Lipinski definition) is 4. The first-order chi connectivity index (χ1) is 14.5. The van der Waals surface area contributed by atoms with Gasteiger partial charge < -0.3 is 9.84 Å². The van der Waals surface area contributed by atoms with E-state index in [1.54, 1.807) is 30.3 Å². The monoisotopic (exact) mass is 457 g/mol. The largest absolute Gasteiger partial charge is 0.336 e. The van der Waals surface area contributed by atoms with Crippen molar-refractivity contribution in [3.8, 4) is 11.4 Å². The molecule has 0 aliphatic rings. The Morgan fingerprint density at radius 3 is 2.43 bits per heavy atom. The summed E-state index contributed by atoms with van der Waals surface area (Å²) in [5.74, 6) is 0.268. The zero-order valence-corrected chi connectivity index (χ0v) is 17.6. The summed E-state index contributed by atoms with van der Waals surface area (Å²) in [6.07, 6.45) is 0. The SMILES string of the molecule is O=C(NC(c1cccc(Cl)c1)c1nc(-c2ccccc2)no1)c1ccc(Cl)c(Cl)c1. The predicted molar refractivity (Wildman–Crippen MR) is 117 cm³/mol. The Kier molecular flexibility index (Phi) is 6.04. The Labute approximate surface area is 187 Å². The second-order valence-corrected chi connectivity index (χ2v) is 7.66. The number of rotatable bonds is 5. The molecule has 1 unspecified atom stereocenters. The molecule has 0 saturated carbocycles. The number of benzene rings is 3. The van der Waals surface area contributed by atoms with Gasteiger partial charge in [-0.2, -0.15) is 4.98 Å². The van der Waals surface area contributed by atoms with Crippen LogP contribution in [0.5, 0.6) is 0 Å². The summed E-state index contributed by atoms with van der Waals surface area (Å²) in [6, 6.07) is 20.4. The fourth-order valence-corrected chi connectivity index (χ4v) is 3.38. The molecule has 4 aromatic rings. The van der Waals surface area contributed by atoms with Crippen LogP contribution >= 0.6 is 34.8 Å². The van der Waals surface area contributed by atoms with Gasteiger partial charge in [-0.1, -0.05) is 82.4 Å². The van der Waals surface area contributed by atoms with E-state index in [4.69, 9.17) is 39.3 Å². The molecule has 1 aromatic heterocycles. The van der Waals surface area contributed by atoms with Crippen LogP contribution in [0, 0.1) is 0 Å². The second kappa shape index (κ2) is 8.88. The van der Waals surface area contributed by atoms with Gasteiger partial charge in [0.05, 0.1) is 10.0 Å². The second-order valence-electron chi connectivity index (χ2n) is 6.41. The minimum absolute atomic E-state index is 0.226. The summed E-state index contributed by atoms with van der Waals surface area (Å²) in [5, 5.41) is 8.13. The van der Waals surface area contributed by atoms with Crippen LogP contribution < -0.4 is 5.32 Å². The van der Waals surface area contributed by atoms with E-state index >= 15 is 0 Å². The van der Waals surface area contributed by atoms with Gasteiger partial charge in [0.25, 0.3) is 11.8 Å². The molecule has 4 rings (SSSR count). The third-order valence-corrected chi connectivity index (χ3v) is 5.33. The van der Waals surface area contributed by atoms with Crippen molar-refractivity contribution < 1.29 is 9.32 Å². The van der Waals surface area contributed by atoms with E-state index in [1.165, 1.54) is 6.07 Å². The van der Waals surface area contributed by atoms with E-state index in [2.05, 4.69) is 15.5 Å². The lowest BCUT2D eigenvalue weighted by atomic mass is 10.1. The Morgan fingerprint density at radius 2 is 1.70 bits per heavy atom. The highest BCUT2D eigenvalue weighted by atomic mass is 35.5. The van der Waals surface area contributed by atoms with Crippen molar-refractivity contribution in [3.05, 3.63) is 105 Å². The van der Waals surface area contributed by atoms with Crippen molar-refractivity contribution >= 4 is 40.7 Å². The van der Waals surface area contributed by atoms with Crippen LogP contribution in [0.4, 0.5) is 0 Å². The van der Waals surface area contributed by atoms with Crippen LogP contribution in [0.3, 0.4) is 0 Å². The third-order valence-electron chi connectivity index (χ3n) is 4.36.